The fourth-order valence-corrected chi connectivity index (χ4v) is 7.17. The van der Waals surface area contributed by atoms with Crippen LogP contribution in [0.25, 0.3) is 11.1 Å². The molecule has 0 unspecified atom stereocenters. The minimum atomic E-state index is -0.546. The highest BCUT2D eigenvalue weighted by Crippen LogP contribution is 2.40. The number of hydrogen-bond acceptors (Lipinski definition) is 10. The van der Waals surface area contributed by atoms with Crippen LogP contribution in [0.3, 0.4) is 0 Å². The van der Waals surface area contributed by atoms with Gasteiger partial charge in [-0.05, 0) is 53.6 Å². The topological polar surface area (TPSA) is 143 Å². The third-order valence-electron chi connectivity index (χ3n) is 7.88. The Bertz CT molecular complexity index is 1600. The van der Waals surface area contributed by atoms with E-state index in [2.05, 4.69) is 33.7 Å². The maximum absolute atomic E-state index is 12.3. The van der Waals surface area contributed by atoms with Gasteiger partial charge in [-0.3, -0.25) is 14.8 Å². The first kappa shape index (κ1) is 34.7. The number of rotatable bonds is 15. The second-order valence-electron chi connectivity index (χ2n) is 11.4. The van der Waals surface area contributed by atoms with E-state index in [0.717, 1.165) is 54.9 Å². The molecule has 3 atom stereocenters. The molecule has 0 bridgehead atoms. The summed E-state index contributed by atoms with van der Waals surface area (Å²) in [4.78, 5) is 23.4. The lowest BCUT2D eigenvalue weighted by atomic mass is 9.99. The molecule has 5 rings (SSSR count). The van der Waals surface area contributed by atoms with Gasteiger partial charge < -0.3 is 19.9 Å². The van der Waals surface area contributed by atoms with Crippen molar-refractivity contribution in [2.75, 3.05) is 5.75 Å². The average Bonchev–Trinajstić information content (AvgIpc) is 3.54. The van der Waals surface area contributed by atoms with Crippen LogP contribution in [0.15, 0.2) is 77.1 Å². The number of carbonyl (C=O) groups excluding carboxylic acids is 2. The highest BCUT2D eigenvalue weighted by atomic mass is 32.2. The monoisotopic (exact) mass is 676 g/mol. The molecule has 1 aliphatic heterocycles. The minimum Gasteiger partial charge on any atom is -0.392 e. The van der Waals surface area contributed by atoms with Crippen molar-refractivity contribution in [2.45, 2.75) is 81.4 Å². The number of aliphatic hydroxyl groups excluding tert-OH is 1. The lowest BCUT2D eigenvalue weighted by molar-refractivity contribution is -0.245. The molecule has 248 valence electrons. The Kier molecular flexibility index (Phi) is 12.9. The van der Waals surface area contributed by atoms with Gasteiger partial charge in [0.15, 0.2) is 10.6 Å². The highest BCUT2D eigenvalue weighted by Gasteiger charge is 2.32. The molecule has 0 spiro atoms. The zero-order valence-electron chi connectivity index (χ0n) is 26.3. The molecular formula is C35H40N4O6S2. The number of ether oxygens (including phenoxy) is 2. The summed E-state index contributed by atoms with van der Waals surface area (Å²) in [5.41, 5.74) is 7.53. The van der Waals surface area contributed by atoms with Crippen LogP contribution < -0.4 is 10.8 Å². The van der Waals surface area contributed by atoms with Gasteiger partial charge in [0.1, 0.15) is 5.01 Å². The van der Waals surface area contributed by atoms with Gasteiger partial charge in [-0.25, -0.2) is 5.48 Å². The van der Waals surface area contributed by atoms with E-state index in [-0.39, 0.29) is 31.1 Å². The Morgan fingerprint density at radius 2 is 1.64 bits per heavy atom. The SMILES string of the molecule is Cc1nnc(SC[C@H]2C[C@@H](c3ccc(CO)cc3)O[C@@H](c3ccc(-c4cccc(CNC(=O)CCCCCC(=O)NO)c4)cc3)O2)s1. The van der Waals surface area contributed by atoms with Gasteiger partial charge in [0.2, 0.25) is 11.8 Å². The number of amides is 2. The van der Waals surface area contributed by atoms with Crippen molar-refractivity contribution in [1.82, 2.24) is 21.0 Å². The Hall–Kier alpha value is -3.65. The molecule has 4 aromatic rings. The first-order valence-corrected chi connectivity index (χ1v) is 17.5. The smallest absolute Gasteiger partial charge is 0.243 e. The molecule has 2 heterocycles. The summed E-state index contributed by atoms with van der Waals surface area (Å²) >= 11 is 3.22. The van der Waals surface area contributed by atoms with Crippen LogP contribution in [0.4, 0.5) is 0 Å². The van der Waals surface area contributed by atoms with Crippen molar-refractivity contribution in [3.05, 3.63) is 100 Å². The lowest BCUT2D eigenvalue weighted by Crippen LogP contribution is -2.31. The number of aromatic nitrogens is 2. The first-order valence-electron chi connectivity index (χ1n) is 15.7. The number of benzene rings is 3. The predicted molar refractivity (Wildman–Crippen MR) is 181 cm³/mol. The Labute approximate surface area is 282 Å². The molecule has 12 heteroatoms. The van der Waals surface area contributed by atoms with E-state index in [1.165, 1.54) is 0 Å². The van der Waals surface area contributed by atoms with E-state index in [4.69, 9.17) is 14.7 Å². The van der Waals surface area contributed by atoms with Crippen LogP contribution in [0.1, 0.15) is 78.2 Å². The van der Waals surface area contributed by atoms with Gasteiger partial charge >= 0.3 is 0 Å². The van der Waals surface area contributed by atoms with Gasteiger partial charge in [0, 0.05) is 37.1 Å². The standard InChI is InChI=1S/C35H40N4O6S2/c1-23-37-38-35(47-23)46-22-30-19-31(27-12-10-24(21-40)11-13-27)45-34(44-30)28-16-14-26(15-17-28)29-7-5-6-25(18-29)20-36-32(41)8-3-2-4-9-33(42)39-43/h5-7,10-18,30-31,34,40,43H,2-4,8-9,19-22H2,1H3,(H,36,41)(H,39,42)/t30-,31+,34+/m1/s1. The van der Waals surface area contributed by atoms with Crippen molar-refractivity contribution < 1.29 is 29.4 Å². The van der Waals surface area contributed by atoms with Crippen molar-refractivity contribution >= 4 is 34.9 Å². The van der Waals surface area contributed by atoms with Crippen molar-refractivity contribution in [1.29, 1.82) is 0 Å². The number of nitrogens with zero attached hydrogens (tertiary/aromatic N) is 2. The maximum atomic E-state index is 12.3. The quantitative estimate of drug-likeness (QED) is 0.0486. The molecule has 0 saturated carbocycles. The third kappa shape index (κ3) is 10.4. The van der Waals surface area contributed by atoms with E-state index in [1.54, 1.807) is 28.6 Å². The molecule has 0 radical (unpaired) electrons. The zero-order valence-corrected chi connectivity index (χ0v) is 27.9. The van der Waals surface area contributed by atoms with Gasteiger partial charge in [-0.1, -0.05) is 96.2 Å². The molecule has 4 N–H and O–H groups in total. The van der Waals surface area contributed by atoms with Crippen LogP contribution in [-0.4, -0.2) is 44.2 Å². The Morgan fingerprint density at radius 1 is 0.894 bits per heavy atom. The van der Waals surface area contributed by atoms with Crippen LogP contribution in [0.5, 0.6) is 0 Å². The van der Waals surface area contributed by atoms with Crippen molar-refractivity contribution in [2.24, 2.45) is 0 Å². The molecule has 3 aromatic carbocycles. The summed E-state index contributed by atoms with van der Waals surface area (Å²) < 4.78 is 13.9. The number of thioether (sulfide) groups is 1. The number of hydroxylamine groups is 1. The number of unbranched alkanes of at least 4 members (excludes halogenated alkanes) is 2. The highest BCUT2D eigenvalue weighted by molar-refractivity contribution is 8.01. The van der Waals surface area contributed by atoms with E-state index in [1.807, 2.05) is 61.5 Å². The van der Waals surface area contributed by atoms with Crippen molar-refractivity contribution in [3.8, 4) is 11.1 Å². The minimum absolute atomic E-state index is 0.00151. The summed E-state index contributed by atoms with van der Waals surface area (Å²) in [5, 5.41) is 30.3. The summed E-state index contributed by atoms with van der Waals surface area (Å²) in [6.45, 7) is 2.38. The van der Waals surface area contributed by atoms with Crippen molar-refractivity contribution in [3.63, 3.8) is 0 Å². The van der Waals surface area contributed by atoms with Crippen LogP contribution >= 0.6 is 23.1 Å². The van der Waals surface area contributed by atoms with E-state index >= 15 is 0 Å². The van der Waals surface area contributed by atoms with Crippen LogP contribution in [-0.2, 0) is 32.2 Å². The second-order valence-corrected chi connectivity index (χ2v) is 13.9. The number of aliphatic hydroxyl groups is 1. The summed E-state index contributed by atoms with van der Waals surface area (Å²) in [7, 11) is 0. The molecule has 10 nitrogen and oxygen atoms in total. The normalized spacial score (nSPS) is 17.7. The summed E-state index contributed by atoms with van der Waals surface area (Å²) in [5.74, 6) is 0.288. The van der Waals surface area contributed by atoms with Gasteiger partial charge in [-0.2, -0.15) is 0 Å². The average molecular weight is 677 g/mol. The number of aryl methyl sites for hydroxylation is 1. The molecule has 1 saturated heterocycles. The second kappa shape index (κ2) is 17.5. The fraction of sp³-hybridized carbons (Fsp3) is 0.371. The predicted octanol–water partition coefficient (Wildman–Crippen LogP) is 6.42. The van der Waals surface area contributed by atoms with E-state index in [0.29, 0.717) is 32.2 Å². The summed E-state index contributed by atoms with van der Waals surface area (Å²) in [6, 6.07) is 24.2. The lowest BCUT2D eigenvalue weighted by Gasteiger charge is -2.36. The summed E-state index contributed by atoms with van der Waals surface area (Å²) in [6.07, 6.45) is 2.62. The van der Waals surface area contributed by atoms with E-state index < -0.39 is 12.2 Å². The Morgan fingerprint density at radius 3 is 2.34 bits per heavy atom. The largest absolute Gasteiger partial charge is 0.392 e. The van der Waals surface area contributed by atoms with E-state index in [9.17, 15) is 14.7 Å². The molecule has 0 aliphatic carbocycles. The molecule has 1 fully saturated rings. The molecule has 2 amide bonds. The number of nitrogens with one attached hydrogen (secondary N) is 2. The number of hydrogen-bond donors (Lipinski definition) is 4. The fourth-order valence-electron chi connectivity index (χ4n) is 5.31. The molecule has 1 aliphatic rings. The van der Waals surface area contributed by atoms with Gasteiger partial charge in [0.05, 0.1) is 18.8 Å². The molecular weight excluding hydrogens is 637 g/mol. The number of carbonyl (C=O) groups is 2. The molecule has 1 aromatic heterocycles. The Balaban J connectivity index is 1.20. The van der Waals surface area contributed by atoms with Crippen LogP contribution in [0.2, 0.25) is 0 Å². The molecule has 47 heavy (non-hydrogen) atoms. The van der Waals surface area contributed by atoms with Gasteiger partial charge in [0.25, 0.3) is 0 Å². The first-order chi connectivity index (χ1) is 22.9. The van der Waals surface area contributed by atoms with Gasteiger partial charge in [-0.15, -0.1) is 10.2 Å². The van der Waals surface area contributed by atoms with Crippen LogP contribution in [0, 0.1) is 6.92 Å². The third-order valence-corrected chi connectivity index (χ3v) is 9.98. The maximum Gasteiger partial charge on any atom is 0.243 e. The zero-order chi connectivity index (χ0) is 33.0.